The summed E-state index contributed by atoms with van der Waals surface area (Å²) < 4.78 is 36.3. The Balaban J connectivity index is 2.68. The van der Waals surface area contributed by atoms with Crippen molar-refractivity contribution in [2.45, 2.75) is 32.0 Å². The third-order valence-corrected chi connectivity index (χ3v) is 2.36. The van der Waals surface area contributed by atoms with E-state index in [1.54, 1.807) is 19.3 Å². The summed E-state index contributed by atoms with van der Waals surface area (Å²) in [5, 5.41) is 2.86. The zero-order chi connectivity index (χ0) is 12.2. The molecule has 1 N–H and O–H groups in total. The number of alkyl halides is 3. The molecule has 1 unspecified atom stereocenters. The first kappa shape index (κ1) is 13.0. The molecule has 0 bridgehead atoms. The van der Waals surface area contributed by atoms with Gasteiger partial charge in [0.15, 0.2) is 0 Å². The van der Waals surface area contributed by atoms with Crippen LogP contribution in [0.15, 0.2) is 18.3 Å². The summed E-state index contributed by atoms with van der Waals surface area (Å²) in [6, 6.07) is 3.28. The fourth-order valence-electron chi connectivity index (χ4n) is 1.50. The number of aryl methyl sites for hydroxylation is 1. The van der Waals surface area contributed by atoms with Crippen molar-refractivity contribution in [1.29, 1.82) is 0 Å². The summed E-state index contributed by atoms with van der Waals surface area (Å²) in [7, 11) is 1.64. The maximum Gasteiger partial charge on any atom is 0.389 e. The molecule has 5 heteroatoms. The van der Waals surface area contributed by atoms with E-state index in [0.717, 1.165) is 5.56 Å². The highest BCUT2D eigenvalue weighted by atomic mass is 19.4. The first-order valence-electron chi connectivity index (χ1n) is 5.09. The van der Waals surface area contributed by atoms with Crippen LogP contribution in [-0.2, 0) is 0 Å². The van der Waals surface area contributed by atoms with Gasteiger partial charge >= 0.3 is 6.18 Å². The maximum atomic E-state index is 12.1. The quantitative estimate of drug-likeness (QED) is 0.863. The number of pyridine rings is 1. The van der Waals surface area contributed by atoms with E-state index in [1.807, 2.05) is 13.0 Å². The lowest BCUT2D eigenvalue weighted by molar-refractivity contribution is -0.136. The zero-order valence-electron chi connectivity index (χ0n) is 9.30. The smallest absolute Gasteiger partial charge is 0.312 e. The average molecular weight is 232 g/mol. The molecule has 0 aliphatic carbocycles. The van der Waals surface area contributed by atoms with Crippen LogP contribution in [0.1, 0.15) is 30.1 Å². The topological polar surface area (TPSA) is 24.9 Å². The molecule has 0 amide bonds. The lowest BCUT2D eigenvalue weighted by atomic mass is 10.1. The monoisotopic (exact) mass is 232 g/mol. The van der Waals surface area contributed by atoms with Gasteiger partial charge in [-0.3, -0.25) is 4.98 Å². The van der Waals surface area contributed by atoms with E-state index < -0.39 is 12.6 Å². The van der Waals surface area contributed by atoms with Crippen LogP contribution < -0.4 is 5.32 Å². The summed E-state index contributed by atoms with van der Waals surface area (Å²) in [5.74, 6) is 0. The lowest BCUT2D eigenvalue weighted by Crippen LogP contribution is -2.20. The van der Waals surface area contributed by atoms with Gasteiger partial charge in [-0.05, 0) is 38.1 Å². The Morgan fingerprint density at radius 2 is 2.12 bits per heavy atom. The molecule has 0 radical (unpaired) electrons. The molecular formula is C11H15F3N2. The van der Waals surface area contributed by atoms with Crippen LogP contribution in [0.25, 0.3) is 0 Å². The molecule has 16 heavy (non-hydrogen) atoms. The van der Waals surface area contributed by atoms with Crippen LogP contribution in [-0.4, -0.2) is 18.2 Å². The number of nitrogens with one attached hydrogen (secondary N) is 1. The van der Waals surface area contributed by atoms with Crippen LogP contribution >= 0.6 is 0 Å². The summed E-state index contributed by atoms with van der Waals surface area (Å²) in [6.07, 6.45) is -3.29. The van der Waals surface area contributed by atoms with Crippen molar-refractivity contribution in [1.82, 2.24) is 10.3 Å². The number of rotatable bonds is 4. The maximum absolute atomic E-state index is 12.1. The van der Waals surface area contributed by atoms with Gasteiger partial charge in [-0.1, -0.05) is 0 Å². The number of aromatic nitrogens is 1. The first-order chi connectivity index (χ1) is 7.42. The molecule has 0 aliphatic heterocycles. The Labute approximate surface area is 92.9 Å². The first-order valence-corrected chi connectivity index (χ1v) is 5.09. The molecule has 0 spiro atoms. The Bertz CT molecular complexity index is 336. The fourth-order valence-corrected chi connectivity index (χ4v) is 1.50. The van der Waals surface area contributed by atoms with Gasteiger partial charge in [-0.25, -0.2) is 0 Å². The van der Waals surface area contributed by atoms with Gasteiger partial charge in [0, 0.05) is 18.7 Å². The molecule has 0 aliphatic rings. The third kappa shape index (κ3) is 4.18. The summed E-state index contributed by atoms with van der Waals surface area (Å²) in [4.78, 5) is 4.08. The van der Waals surface area contributed by atoms with Gasteiger partial charge in [-0.2, -0.15) is 13.2 Å². The zero-order valence-corrected chi connectivity index (χ0v) is 9.30. The molecule has 2 nitrogen and oxygen atoms in total. The minimum absolute atomic E-state index is 0.0104. The Kier molecular flexibility index (Phi) is 4.29. The van der Waals surface area contributed by atoms with E-state index in [0.29, 0.717) is 5.69 Å². The average Bonchev–Trinajstić information content (AvgIpc) is 2.17. The van der Waals surface area contributed by atoms with E-state index in [-0.39, 0.29) is 12.5 Å². The van der Waals surface area contributed by atoms with Gasteiger partial charge in [0.2, 0.25) is 0 Å². The van der Waals surface area contributed by atoms with Crippen molar-refractivity contribution in [3.8, 4) is 0 Å². The predicted octanol–water partition coefficient (Wildman–Crippen LogP) is 2.99. The van der Waals surface area contributed by atoms with Gasteiger partial charge in [0.25, 0.3) is 0 Å². The molecule has 1 rings (SSSR count). The largest absolute Gasteiger partial charge is 0.389 e. The second kappa shape index (κ2) is 5.30. The second-order valence-electron chi connectivity index (χ2n) is 3.75. The Hall–Kier alpha value is -1.10. The number of hydrogen-bond acceptors (Lipinski definition) is 2. The molecule has 1 atom stereocenters. The molecule has 90 valence electrons. The van der Waals surface area contributed by atoms with Crippen molar-refractivity contribution in [2.24, 2.45) is 0 Å². The highest BCUT2D eigenvalue weighted by Crippen LogP contribution is 2.26. The fraction of sp³-hybridized carbons (Fsp3) is 0.545. The molecule has 1 heterocycles. The lowest BCUT2D eigenvalue weighted by Gasteiger charge is -2.16. The van der Waals surface area contributed by atoms with E-state index >= 15 is 0 Å². The van der Waals surface area contributed by atoms with Gasteiger partial charge in [0.1, 0.15) is 0 Å². The van der Waals surface area contributed by atoms with Crippen molar-refractivity contribution in [2.75, 3.05) is 7.05 Å². The van der Waals surface area contributed by atoms with Gasteiger partial charge < -0.3 is 5.32 Å². The molecule has 1 aromatic heterocycles. The van der Waals surface area contributed by atoms with E-state index in [9.17, 15) is 13.2 Å². The molecule has 0 fully saturated rings. The van der Waals surface area contributed by atoms with Crippen LogP contribution in [0.4, 0.5) is 13.2 Å². The number of halogens is 3. The highest BCUT2D eigenvalue weighted by Gasteiger charge is 2.28. The standard InChI is InChI=1S/C11H15F3N2/c1-8-4-6-16-10(7-8)9(15-2)3-5-11(12,13)14/h4,6-7,9,15H,3,5H2,1-2H3. The van der Waals surface area contributed by atoms with Crippen molar-refractivity contribution >= 4 is 0 Å². The Morgan fingerprint density at radius 1 is 1.44 bits per heavy atom. The molecule has 0 saturated carbocycles. The Morgan fingerprint density at radius 3 is 2.62 bits per heavy atom. The van der Waals surface area contributed by atoms with Gasteiger partial charge in [0.05, 0.1) is 5.69 Å². The van der Waals surface area contributed by atoms with Gasteiger partial charge in [-0.15, -0.1) is 0 Å². The van der Waals surface area contributed by atoms with Crippen LogP contribution in [0.5, 0.6) is 0 Å². The molecular weight excluding hydrogens is 217 g/mol. The van der Waals surface area contributed by atoms with Crippen molar-refractivity contribution in [3.63, 3.8) is 0 Å². The van der Waals surface area contributed by atoms with E-state index in [4.69, 9.17) is 0 Å². The van der Waals surface area contributed by atoms with E-state index in [1.165, 1.54) is 0 Å². The minimum Gasteiger partial charge on any atom is -0.312 e. The normalized spacial score (nSPS) is 13.8. The van der Waals surface area contributed by atoms with Crippen LogP contribution in [0.2, 0.25) is 0 Å². The van der Waals surface area contributed by atoms with Crippen LogP contribution in [0.3, 0.4) is 0 Å². The SMILES string of the molecule is CNC(CCC(F)(F)F)c1cc(C)ccn1. The highest BCUT2D eigenvalue weighted by molar-refractivity contribution is 5.17. The molecule has 0 saturated heterocycles. The second-order valence-corrected chi connectivity index (χ2v) is 3.75. The molecule has 1 aromatic rings. The third-order valence-electron chi connectivity index (χ3n) is 2.36. The van der Waals surface area contributed by atoms with Crippen LogP contribution in [0, 0.1) is 6.92 Å². The minimum atomic E-state index is -4.11. The van der Waals surface area contributed by atoms with Crippen molar-refractivity contribution in [3.05, 3.63) is 29.6 Å². The predicted molar refractivity (Wildman–Crippen MR) is 56.1 cm³/mol. The number of nitrogens with zero attached hydrogens (tertiary/aromatic N) is 1. The van der Waals surface area contributed by atoms with Crippen molar-refractivity contribution < 1.29 is 13.2 Å². The molecule has 0 aromatic carbocycles. The summed E-state index contributed by atoms with van der Waals surface area (Å²) >= 11 is 0. The summed E-state index contributed by atoms with van der Waals surface area (Å²) in [6.45, 7) is 1.89. The van der Waals surface area contributed by atoms with E-state index in [2.05, 4.69) is 10.3 Å². The number of hydrogen-bond donors (Lipinski definition) is 1. The summed E-state index contributed by atoms with van der Waals surface area (Å²) in [5.41, 5.74) is 1.66.